The second-order valence-corrected chi connectivity index (χ2v) is 4.76. The van der Waals surface area contributed by atoms with Crippen LogP contribution in [0.3, 0.4) is 0 Å². The maximum absolute atomic E-state index is 11.1. The Morgan fingerprint density at radius 2 is 2.21 bits per heavy atom. The van der Waals surface area contributed by atoms with Gasteiger partial charge in [-0.1, -0.05) is 0 Å². The van der Waals surface area contributed by atoms with Crippen LogP contribution in [0.2, 0.25) is 0 Å². The SMILES string of the molecule is C[C@H](N)C(=O)NCCN1CCSCC1. The largest absolute Gasteiger partial charge is 0.353 e. The van der Waals surface area contributed by atoms with E-state index in [1.807, 2.05) is 11.8 Å². The van der Waals surface area contributed by atoms with Gasteiger partial charge in [0, 0.05) is 37.7 Å². The molecule has 1 amide bonds. The van der Waals surface area contributed by atoms with E-state index in [9.17, 15) is 4.79 Å². The van der Waals surface area contributed by atoms with E-state index in [2.05, 4.69) is 10.2 Å². The van der Waals surface area contributed by atoms with Crippen molar-refractivity contribution in [3.8, 4) is 0 Å². The van der Waals surface area contributed by atoms with Crippen molar-refractivity contribution in [1.82, 2.24) is 10.2 Å². The highest BCUT2D eigenvalue weighted by Crippen LogP contribution is 2.07. The summed E-state index contributed by atoms with van der Waals surface area (Å²) in [5, 5.41) is 2.82. The molecule has 4 nitrogen and oxygen atoms in total. The summed E-state index contributed by atoms with van der Waals surface area (Å²) in [5.74, 6) is 2.36. The predicted octanol–water partition coefficient (Wildman–Crippen LogP) is -0.501. The van der Waals surface area contributed by atoms with Crippen LogP contribution in [-0.2, 0) is 4.79 Å². The van der Waals surface area contributed by atoms with E-state index in [4.69, 9.17) is 5.73 Å². The first-order valence-electron chi connectivity index (χ1n) is 5.03. The first-order valence-corrected chi connectivity index (χ1v) is 6.19. The zero-order chi connectivity index (χ0) is 10.4. The first kappa shape index (κ1) is 11.8. The van der Waals surface area contributed by atoms with E-state index in [0.717, 1.165) is 19.6 Å². The molecule has 0 aliphatic carbocycles. The van der Waals surface area contributed by atoms with Crippen LogP contribution in [0.5, 0.6) is 0 Å². The lowest BCUT2D eigenvalue weighted by Crippen LogP contribution is -2.43. The average Bonchev–Trinajstić information content (AvgIpc) is 2.19. The highest BCUT2D eigenvalue weighted by Gasteiger charge is 2.11. The molecule has 0 aromatic carbocycles. The number of amides is 1. The van der Waals surface area contributed by atoms with Gasteiger partial charge in [0.1, 0.15) is 0 Å². The Bertz CT molecular complexity index is 181. The van der Waals surface area contributed by atoms with E-state index in [1.54, 1.807) is 6.92 Å². The van der Waals surface area contributed by atoms with Crippen LogP contribution >= 0.6 is 11.8 Å². The quantitative estimate of drug-likeness (QED) is 0.666. The van der Waals surface area contributed by atoms with Crippen LogP contribution < -0.4 is 11.1 Å². The van der Waals surface area contributed by atoms with E-state index in [-0.39, 0.29) is 5.91 Å². The Morgan fingerprint density at radius 3 is 2.79 bits per heavy atom. The number of hydrogen-bond acceptors (Lipinski definition) is 4. The van der Waals surface area contributed by atoms with Crippen molar-refractivity contribution in [2.75, 3.05) is 37.7 Å². The van der Waals surface area contributed by atoms with Crippen LogP contribution in [0.25, 0.3) is 0 Å². The summed E-state index contributed by atoms with van der Waals surface area (Å²) in [7, 11) is 0. The lowest BCUT2D eigenvalue weighted by molar-refractivity contribution is -0.122. The van der Waals surface area contributed by atoms with Gasteiger partial charge in [0.05, 0.1) is 6.04 Å². The zero-order valence-corrected chi connectivity index (χ0v) is 9.48. The molecular weight excluding hydrogens is 198 g/mol. The zero-order valence-electron chi connectivity index (χ0n) is 8.66. The Kier molecular flexibility index (Phi) is 5.29. The van der Waals surface area contributed by atoms with Gasteiger partial charge in [-0.25, -0.2) is 0 Å². The van der Waals surface area contributed by atoms with Gasteiger partial charge in [-0.2, -0.15) is 11.8 Å². The summed E-state index contributed by atoms with van der Waals surface area (Å²) < 4.78 is 0. The molecule has 82 valence electrons. The van der Waals surface area contributed by atoms with Gasteiger partial charge in [-0.05, 0) is 6.92 Å². The van der Waals surface area contributed by atoms with Crippen LogP contribution in [0.15, 0.2) is 0 Å². The highest BCUT2D eigenvalue weighted by atomic mass is 32.2. The molecule has 1 aliphatic rings. The average molecular weight is 217 g/mol. The molecule has 14 heavy (non-hydrogen) atoms. The molecule has 1 fully saturated rings. The topological polar surface area (TPSA) is 58.4 Å². The lowest BCUT2D eigenvalue weighted by atomic mass is 10.3. The third-order valence-electron chi connectivity index (χ3n) is 2.24. The van der Waals surface area contributed by atoms with Crippen LogP contribution in [0.1, 0.15) is 6.92 Å². The van der Waals surface area contributed by atoms with Crippen molar-refractivity contribution in [1.29, 1.82) is 0 Å². The van der Waals surface area contributed by atoms with Crippen molar-refractivity contribution in [2.45, 2.75) is 13.0 Å². The lowest BCUT2D eigenvalue weighted by Gasteiger charge is -2.26. The second-order valence-electron chi connectivity index (χ2n) is 3.53. The Hall–Kier alpha value is -0.260. The van der Waals surface area contributed by atoms with Gasteiger partial charge in [0.2, 0.25) is 5.91 Å². The van der Waals surface area contributed by atoms with Gasteiger partial charge >= 0.3 is 0 Å². The molecule has 0 saturated carbocycles. The second kappa shape index (κ2) is 6.27. The van der Waals surface area contributed by atoms with Crippen LogP contribution in [0.4, 0.5) is 0 Å². The van der Waals surface area contributed by atoms with Crippen molar-refractivity contribution >= 4 is 17.7 Å². The van der Waals surface area contributed by atoms with Crippen molar-refractivity contribution in [3.63, 3.8) is 0 Å². The van der Waals surface area contributed by atoms with E-state index in [1.165, 1.54) is 11.5 Å². The smallest absolute Gasteiger partial charge is 0.236 e. The molecule has 3 N–H and O–H groups in total. The number of hydrogen-bond donors (Lipinski definition) is 2. The Labute approximate surface area is 89.6 Å². The van der Waals surface area contributed by atoms with E-state index >= 15 is 0 Å². The molecular formula is C9H19N3OS. The maximum Gasteiger partial charge on any atom is 0.236 e. The monoisotopic (exact) mass is 217 g/mol. The standard InChI is InChI=1S/C9H19N3OS/c1-8(10)9(13)11-2-3-12-4-6-14-7-5-12/h8H,2-7,10H2,1H3,(H,11,13)/t8-/m0/s1. The first-order chi connectivity index (χ1) is 6.70. The minimum Gasteiger partial charge on any atom is -0.353 e. The van der Waals surface area contributed by atoms with Crippen LogP contribution in [-0.4, -0.2) is 54.5 Å². The van der Waals surface area contributed by atoms with E-state index < -0.39 is 6.04 Å². The molecule has 0 unspecified atom stereocenters. The molecule has 1 atom stereocenters. The number of rotatable bonds is 4. The number of nitrogens with zero attached hydrogens (tertiary/aromatic N) is 1. The molecule has 0 bridgehead atoms. The molecule has 0 aromatic heterocycles. The van der Waals surface area contributed by atoms with Gasteiger partial charge in [-0.15, -0.1) is 0 Å². The number of carbonyl (C=O) groups is 1. The highest BCUT2D eigenvalue weighted by molar-refractivity contribution is 7.99. The Morgan fingerprint density at radius 1 is 1.57 bits per heavy atom. The van der Waals surface area contributed by atoms with Crippen molar-refractivity contribution in [3.05, 3.63) is 0 Å². The summed E-state index contributed by atoms with van der Waals surface area (Å²) in [5.41, 5.74) is 5.43. The van der Waals surface area contributed by atoms with Gasteiger partial charge in [0.25, 0.3) is 0 Å². The molecule has 0 spiro atoms. The van der Waals surface area contributed by atoms with E-state index in [0.29, 0.717) is 6.54 Å². The van der Waals surface area contributed by atoms with Crippen LogP contribution in [0, 0.1) is 0 Å². The minimum absolute atomic E-state index is 0.0589. The molecule has 1 aliphatic heterocycles. The summed E-state index contributed by atoms with van der Waals surface area (Å²) in [4.78, 5) is 13.5. The van der Waals surface area contributed by atoms with Crippen molar-refractivity contribution < 1.29 is 4.79 Å². The molecule has 5 heteroatoms. The molecule has 1 rings (SSSR count). The minimum atomic E-state index is -0.396. The molecule has 1 heterocycles. The number of thioether (sulfide) groups is 1. The van der Waals surface area contributed by atoms with Gasteiger partial charge < -0.3 is 11.1 Å². The fourth-order valence-corrected chi connectivity index (χ4v) is 2.30. The predicted molar refractivity (Wildman–Crippen MR) is 60.4 cm³/mol. The molecule has 0 radical (unpaired) electrons. The molecule has 0 aromatic rings. The maximum atomic E-state index is 11.1. The molecule has 1 saturated heterocycles. The van der Waals surface area contributed by atoms with Gasteiger partial charge in [0.15, 0.2) is 0 Å². The van der Waals surface area contributed by atoms with Gasteiger partial charge in [-0.3, -0.25) is 9.69 Å². The number of nitrogens with two attached hydrogens (primary N) is 1. The fraction of sp³-hybridized carbons (Fsp3) is 0.889. The van der Waals surface area contributed by atoms with Crippen molar-refractivity contribution in [2.24, 2.45) is 5.73 Å². The summed E-state index contributed by atoms with van der Waals surface area (Å²) in [6.07, 6.45) is 0. The third kappa shape index (κ3) is 4.30. The summed E-state index contributed by atoms with van der Waals surface area (Å²) >= 11 is 1.99. The normalized spacial score (nSPS) is 20.4. The summed E-state index contributed by atoms with van der Waals surface area (Å²) in [6, 6.07) is -0.396. The fourth-order valence-electron chi connectivity index (χ4n) is 1.32. The summed E-state index contributed by atoms with van der Waals surface area (Å²) in [6.45, 7) is 5.63. The number of carbonyl (C=O) groups excluding carboxylic acids is 1. The number of nitrogens with one attached hydrogen (secondary N) is 1. The Balaban J connectivity index is 2.05. The third-order valence-corrected chi connectivity index (χ3v) is 3.19.